The Morgan fingerprint density at radius 3 is 2.68 bits per heavy atom. The minimum atomic E-state index is -3.75. The van der Waals surface area contributed by atoms with Crippen LogP contribution in [0, 0.1) is 11.3 Å². The Balaban J connectivity index is 2.37. The molecule has 0 amide bonds. The van der Waals surface area contributed by atoms with Gasteiger partial charge in [-0.15, -0.1) is 0 Å². The summed E-state index contributed by atoms with van der Waals surface area (Å²) >= 11 is 0. The summed E-state index contributed by atoms with van der Waals surface area (Å²) in [5.41, 5.74) is 1.33. The second-order valence-corrected chi connectivity index (χ2v) is 6.22. The Bertz CT molecular complexity index is 805. The number of hydrogen-bond donors (Lipinski definition) is 2. The van der Waals surface area contributed by atoms with Gasteiger partial charge < -0.3 is 5.32 Å². The number of rotatable bonds is 6. The lowest BCUT2D eigenvalue weighted by molar-refractivity contribution is 0.600. The van der Waals surface area contributed by atoms with Crippen molar-refractivity contribution >= 4 is 21.4 Å². The first-order chi connectivity index (χ1) is 10.5. The van der Waals surface area contributed by atoms with E-state index < -0.39 is 10.0 Å². The van der Waals surface area contributed by atoms with Gasteiger partial charge in [-0.1, -0.05) is 0 Å². The molecule has 0 fully saturated rings. The highest BCUT2D eigenvalue weighted by Gasteiger charge is 2.18. The number of hydrogen-bond acceptors (Lipinski definition) is 5. The largest absolute Gasteiger partial charge is 0.384 e. The van der Waals surface area contributed by atoms with Gasteiger partial charge in [0.05, 0.1) is 29.2 Å². The van der Waals surface area contributed by atoms with Crippen LogP contribution in [0.25, 0.3) is 0 Å². The molecule has 0 atom stereocenters. The number of nitrogens with zero attached hydrogens (tertiary/aromatic N) is 3. The Kier molecular flexibility index (Phi) is 4.68. The summed E-state index contributed by atoms with van der Waals surface area (Å²) in [5.74, 6) is 0. The number of nitriles is 1. The van der Waals surface area contributed by atoms with Gasteiger partial charge in [-0.3, -0.25) is 9.40 Å². The van der Waals surface area contributed by atoms with Crippen molar-refractivity contribution in [3.05, 3.63) is 36.2 Å². The van der Waals surface area contributed by atoms with Crippen LogP contribution in [0.2, 0.25) is 0 Å². The predicted octanol–water partition coefficient (Wildman–Crippen LogP) is 2.01. The Labute approximate surface area is 129 Å². The fraction of sp³-hybridized carbons (Fsp3) is 0.286. The van der Waals surface area contributed by atoms with E-state index >= 15 is 0 Å². The van der Waals surface area contributed by atoms with Crippen LogP contribution >= 0.6 is 0 Å². The fourth-order valence-corrected chi connectivity index (χ4v) is 2.93. The lowest BCUT2D eigenvalue weighted by Gasteiger charge is -2.13. The lowest BCUT2D eigenvalue weighted by Crippen LogP contribution is -2.14. The summed E-state index contributed by atoms with van der Waals surface area (Å²) in [6.07, 6.45) is 2.76. The standard InChI is InChI=1S/C14H17N5O2S/c1-3-16-13-6-5-11(8-15)7-14(13)18-22(20,21)12-9-17-19(4-2)10-12/h5-7,9-10,16,18H,3-4H2,1-2H3. The second kappa shape index (κ2) is 6.49. The van der Waals surface area contributed by atoms with Crippen molar-refractivity contribution in [2.24, 2.45) is 0 Å². The molecule has 2 N–H and O–H groups in total. The maximum absolute atomic E-state index is 12.4. The Morgan fingerprint density at radius 1 is 1.32 bits per heavy atom. The topological polar surface area (TPSA) is 99.8 Å². The van der Waals surface area contributed by atoms with Gasteiger partial charge >= 0.3 is 0 Å². The summed E-state index contributed by atoms with van der Waals surface area (Å²) in [6.45, 7) is 4.99. The Morgan fingerprint density at radius 2 is 2.09 bits per heavy atom. The van der Waals surface area contributed by atoms with Crippen molar-refractivity contribution in [2.75, 3.05) is 16.6 Å². The van der Waals surface area contributed by atoms with Crippen LogP contribution in [0.4, 0.5) is 11.4 Å². The molecule has 7 nitrogen and oxygen atoms in total. The third-order valence-corrected chi connectivity index (χ3v) is 4.32. The molecule has 0 radical (unpaired) electrons. The van der Waals surface area contributed by atoms with E-state index in [4.69, 9.17) is 5.26 Å². The smallest absolute Gasteiger partial charge is 0.265 e. The number of sulfonamides is 1. The van der Waals surface area contributed by atoms with Crippen molar-refractivity contribution in [3.63, 3.8) is 0 Å². The molecular formula is C14H17N5O2S. The first-order valence-corrected chi connectivity index (χ1v) is 8.31. The number of aryl methyl sites for hydroxylation is 1. The van der Waals surface area contributed by atoms with Crippen molar-refractivity contribution < 1.29 is 8.42 Å². The van der Waals surface area contributed by atoms with Gasteiger partial charge in [-0.25, -0.2) is 8.42 Å². The van der Waals surface area contributed by atoms with E-state index in [1.54, 1.807) is 12.1 Å². The highest BCUT2D eigenvalue weighted by molar-refractivity contribution is 7.92. The predicted molar refractivity (Wildman–Crippen MR) is 84.0 cm³/mol. The fourth-order valence-electron chi connectivity index (χ4n) is 1.90. The molecule has 22 heavy (non-hydrogen) atoms. The van der Waals surface area contributed by atoms with E-state index in [0.29, 0.717) is 30.0 Å². The molecule has 0 aliphatic rings. The molecular weight excluding hydrogens is 302 g/mol. The van der Waals surface area contributed by atoms with Gasteiger partial charge in [0, 0.05) is 19.3 Å². The molecule has 0 spiro atoms. The summed E-state index contributed by atoms with van der Waals surface area (Å²) in [6, 6.07) is 6.80. The summed E-state index contributed by atoms with van der Waals surface area (Å²) < 4.78 is 28.9. The highest BCUT2D eigenvalue weighted by Crippen LogP contribution is 2.25. The van der Waals surface area contributed by atoms with E-state index in [1.807, 2.05) is 19.9 Å². The summed E-state index contributed by atoms with van der Waals surface area (Å²) in [7, 11) is -3.75. The van der Waals surface area contributed by atoms with Crippen LogP contribution in [0.3, 0.4) is 0 Å². The van der Waals surface area contributed by atoms with E-state index in [0.717, 1.165) is 0 Å². The van der Waals surface area contributed by atoms with E-state index in [-0.39, 0.29) is 4.90 Å². The van der Waals surface area contributed by atoms with Gasteiger partial charge in [0.25, 0.3) is 10.0 Å². The highest BCUT2D eigenvalue weighted by atomic mass is 32.2. The van der Waals surface area contributed by atoms with Crippen molar-refractivity contribution in [1.82, 2.24) is 9.78 Å². The zero-order chi connectivity index (χ0) is 16.2. The molecule has 1 aromatic heterocycles. The quantitative estimate of drug-likeness (QED) is 0.848. The molecule has 0 aliphatic carbocycles. The van der Waals surface area contributed by atoms with Crippen LogP contribution < -0.4 is 10.0 Å². The molecule has 2 aromatic rings. The third-order valence-electron chi connectivity index (χ3n) is 3.00. The second-order valence-electron chi connectivity index (χ2n) is 4.54. The maximum Gasteiger partial charge on any atom is 0.265 e. The lowest BCUT2D eigenvalue weighted by atomic mass is 10.2. The number of benzene rings is 1. The molecule has 0 aliphatic heterocycles. The molecule has 0 unspecified atom stereocenters. The molecule has 0 bridgehead atoms. The van der Waals surface area contributed by atoms with Gasteiger partial charge in [-0.2, -0.15) is 10.4 Å². The molecule has 0 saturated carbocycles. The molecule has 2 rings (SSSR count). The van der Waals surface area contributed by atoms with Crippen LogP contribution in [-0.2, 0) is 16.6 Å². The van der Waals surface area contributed by atoms with Crippen LogP contribution in [0.5, 0.6) is 0 Å². The maximum atomic E-state index is 12.4. The van der Waals surface area contributed by atoms with Gasteiger partial charge in [-0.05, 0) is 32.0 Å². The molecule has 1 aromatic carbocycles. The van der Waals surface area contributed by atoms with Crippen molar-refractivity contribution in [3.8, 4) is 6.07 Å². The molecule has 116 valence electrons. The average molecular weight is 319 g/mol. The first kappa shape index (κ1) is 15.9. The normalized spacial score (nSPS) is 11.0. The van der Waals surface area contributed by atoms with Crippen LogP contribution in [0.1, 0.15) is 19.4 Å². The van der Waals surface area contributed by atoms with Crippen LogP contribution in [0.15, 0.2) is 35.5 Å². The number of anilines is 2. The summed E-state index contributed by atoms with van der Waals surface area (Å²) in [5, 5.41) is 16.0. The van der Waals surface area contributed by atoms with E-state index in [1.165, 1.54) is 23.1 Å². The first-order valence-electron chi connectivity index (χ1n) is 6.83. The van der Waals surface area contributed by atoms with Crippen molar-refractivity contribution in [2.45, 2.75) is 25.3 Å². The zero-order valence-corrected chi connectivity index (χ0v) is 13.2. The SMILES string of the molecule is CCNc1ccc(C#N)cc1NS(=O)(=O)c1cnn(CC)c1. The number of nitrogens with one attached hydrogen (secondary N) is 2. The molecule has 1 heterocycles. The van der Waals surface area contributed by atoms with E-state index in [9.17, 15) is 8.42 Å². The average Bonchev–Trinajstić information content (AvgIpc) is 2.99. The minimum absolute atomic E-state index is 0.0826. The zero-order valence-electron chi connectivity index (χ0n) is 12.4. The Hall–Kier alpha value is -2.53. The van der Waals surface area contributed by atoms with E-state index in [2.05, 4.69) is 15.1 Å². The van der Waals surface area contributed by atoms with Crippen molar-refractivity contribution in [1.29, 1.82) is 5.26 Å². The van der Waals surface area contributed by atoms with Gasteiger partial charge in [0.2, 0.25) is 0 Å². The van der Waals surface area contributed by atoms with Gasteiger partial charge in [0.15, 0.2) is 0 Å². The third kappa shape index (κ3) is 3.38. The van der Waals surface area contributed by atoms with Crippen LogP contribution in [-0.4, -0.2) is 24.7 Å². The minimum Gasteiger partial charge on any atom is -0.384 e. The number of aromatic nitrogens is 2. The summed E-state index contributed by atoms with van der Waals surface area (Å²) in [4.78, 5) is 0.0826. The monoisotopic (exact) mass is 319 g/mol. The molecule has 0 saturated heterocycles. The molecule has 8 heteroatoms. The van der Waals surface area contributed by atoms with Gasteiger partial charge in [0.1, 0.15) is 4.90 Å².